The first-order valence-electron chi connectivity index (χ1n) is 12.4. The summed E-state index contributed by atoms with van der Waals surface area (Å²) >= 11 is 0. The average molecular weight is 496 g/mol. The first-order chi connectivity index (χ1) is 17.1. The molecule has 0 radical (unpaired) electrons. The first kappa shape index (κ1) is 28.8. The lowest BCUT2D eigenvalue weighted by molar-refractivity contribution is -0.150. The van der Waals surface area contributed by atoms with Crippen LogP contribution in [0.2, 0.25) is 0 Å². The van der Waals surface area contributed by atoms with Crippen LogP contribution in [0, 0.1) is 0 Å². The summed E-state index contributed by atoms with van der Waals surface area (Å²) in [6.45, 7) is 5.87. The molecule has 0 aliphatic carbocycles. The second-order valence-corrected chi connectivity index (χ2v) is 9.18. The van der Waals surface area contributed by atoms with E-state index < -0.39 is 17.5 Å². The summed E-state index contributed by atoms with van der Waals surface area (Å²) in [7, 11) is 0. The quantitative estimate of drug-likeness (QED) is 0.224. The van der Waals surface area contributed by atoms with Crippen LogP contribution in [0.5, 0.6) is 0 Å². The molecule has 2 aromatic carbocycles. The number of Topliss-reactive ketones (excluding diaryl/α,β-unsaturated/α-hetero) is 1. The van der Waals surface area contributed by atoms with Gasteiger partial charge >= 0.3 is 11.9 Å². The molecule has 0 unspecified atom stereocenters. The summed E-state index contributed by atoms with van der Waals surface area (Å²) < 4.78 is 10.4. The molecule has 0 saturated carbocycles. The number of ether oxygens (including phenoxy) is 2. The van der Waals surface area contributed by atoms with Crippen molar-refractivity contribution in [2.24, 2.45) is 0 Å². The van der Waals surface area contributed by atoms with Crippen molar-refractivity contribution in [2.75, 3.05) is 13.2 Å². The number of carbonyl (C=O) groups is 4. The number of aryl methyl sites for hydroxylation is 1. The number of carbonyl (C=O) groups excluding carboxylic acids is 4. The Bertz CT molecular complexity index is 1010. The molecule has 7 nitrogen and oxygen atoms in total. The van der Waals surface area contributed by atoms with Crippen LogP contribution in [0.25, 0.3) is 11.1 Å². The zero-order valence-electron chi connectivity index (χ0n) is 21.7. The fourth-order valence-corrected chi connectivity index (χ4v) is 3.95. The number of hydrogen-bond donors (Lipinski definition) is 1. The molecule has 0 heterocycles. The molecule has 0 atom stereocenters. The van der Waals surface area contributed by atoms with Crippen molar-refractivity contribution < 1.29 is 28.7 Å². The standard InChI is InChI=1S/C29H37NO6/c1-5-6-7-8-28(34)27-15-13-26(14-16-27)25-11-9-24(10-12-25)17-18-29(30-21(2)31,19-35-22(3)32)20-36-23(4)33/h9-16H,5-8,17-20H2,1-4H3,(H,30,31). The Morgan fingerprint density at radius 2 is 1.31 bits per heavy atom. The molecule has 0 aliphatic rings. The van der Waals surface area contributed by atoms with Crippen molar-refractivity contribution in [1.82, 2.24) is 5.32 Å². The minimum atomic E-state index is -1.03. The molecule has 0 aliphatic heterocycles. The summed E-state index contributed by atoms with van der Waals surface area (Å²) in [6, 6.07) is 15.7. The number of esters is 2. The van der Waals surface area contributed by atoms with Crippen molar-refractivity contribution in [3.8, 4) is 11.1 Å². The predicted octanol–water partition coefficient (Wildman–Crippen LogP) is 5.05. The smallest absolute Gasteiger partial charge is 0.302 e. The van der Waals surface area contributed by atoms with Gasteiger partial charge in [-0.05, 0) is 36.0 Å². The fourth-order valence-electron chi connectivity index (χ4n) is 3.95. The Labute approximate surface area is 213 Å². The summed E-state index contributed by atoms with van der Waals surface area (Å²) in [5.74, 6) is -1.09. The van der Waals surface area contributed by atoms with E-state index in [4.69, 9.17) is 9.47 Å². The van der Waals surface area contributed by atoms with Gasteiger partial charge in [-0.25, -0.2) is 0 Å². The van der Waals surface area contributed by atoms with Crippen LogP contribution in [-0.2, 0) is 30.3 Å². The lowest BCUT2D eigenvalue weighted by Gasteiger charge is -2.33. The number of unbranched alkanes of at least 4 members (excludes halogenated alkanes) is 2. The van der Waals surface area contributed by atoms with Crippen molar-refractivity contribution in [3.63, 3.8) is 0 Å². The van der Waals surface area contributed by atoms with Crippen LogP contribution in [0.1, 0.15) is 75.7 Å². The Morgan fingerprint density at radius 3 is 1.78 bits per heavy atom. The summed E-state index contributed by atoms with van der Waals surface area (Å²) in [4.78, 5) is 47.0. The molecule has 7 heteroatoms. The fraction of sp³-hybridized carbons (Fsp3) is 0.448. The van der Waals surface area contributed by atoms with E-state index in [9.17, 15) is 19.2 Å². The molecule has 0 fully saturated rings. The maximum Gasteiger partial charge on any atom is 0.302 e. The topological polar surface area (TPSA) is 98.8 Å². The van der Waals surface area contributed by atoms with E-state index in [1.165, 1.54) is 20.8 Å². The van der Waals surface area contributed by atoms with Gasteiger partial charge in [0, 0.05) is 32.8 Å². The highest BCUT2D eigenvalue weighted by atomic mass is 16.5. The molecule has 194 valence electrons. The molecule has 1 amide bonds. The predicted molar refractivity (Wildman–Crippen MR) is 138 cm³/mol. The van der Waals surface area contributed by atoms with E-state index in [1.807, 2.05) is 48.5 Å². The van der Waals surface area contributed by atoms with Gasteiger partial charge < -0.3 is 14.8 Å². The highest BCUT2D eigenvalue weighted by Gasteiger charge is 2.34. The molecule has 0 spiro atoms. The largest absolute Gasteiger partial charge is 0.463 e. The second-order valence-electron chi connectivity index (χ2n) is 9.18. The lowest BCUT2D eigenvalue weighted by Crippen LogP contribution is -2.55. The third-order valence-electron chi connectivity index (χ3n) is 5.94. The van der Waals surface area contributed by atoms with E-state index in [0.29, 0.717) is 19.3 Å². The van der Waals surface area contributed by atoms with Crippen molar-refractivity contribution in [1.29, 1.82) is 0 Å². The number of hydrogen-bond acceptors (Lipinski definition) is 6. The van der Waals surface area contributed by atoms with Gasteiger partial charge in [0.2, 0.25) is 5.91 Å². The van der Waals surface area contributed by atoms with Gasteiger partial charge in [-0.1, -0.05) is 68.3 Å². The molecule has 2 rings (SSSR count). The Hall–Kier alpha value is -3.48. The monoisotopic (exact) mass is 495 g/mol. The van der Waals surface area contributed by atoms with Gasteiger partial charge in [-0.15, -0.1) is 0 Å². The van der Waals surface area contributed by atoms with E-state index in [1.54, 1.807) is 0 Å². The average Bonchev–Trinajstić information content (AvgIpc) is 2.85. The van der Waals surface area contributed by atoms with Crippen LogP contribution in [0.15, 0.2) is 48.5 Å². The minimum absolute atomic E-state index is 0.100. The molecule has 1 N–H and O–H groups in total. The highest BCUT2D eigenvalue weighted by Crippen LogP contribution is 2.23. The van der Waals surface area contributed by atoms with E-state index in [0.717, 1.165) is 41.5 Å². The normalized spacial score (nSPS) is 11.0. The van der Waals surface area contributed by atoms with Gasteiger partial charge in [-0.2, -0.15) is 0 Å². The molecule has 0 saturated heterocycles. The van der Waals surface area contributed by atoms with Gasteiger partial charge in [0.25, 0.3) is 0 Å². The first-order valence-corrected chi connectivity index (χ1v) is 12.4. The molecule has 2 aromatic rings. The summed E-state index contributed by atoms with van der Waals surface area (Å²) in [5.41, 5.74) is 2.77. The Balaban J connectivity index is 2.09. The summed E-state index contributed by atoms with van der Waals surface area (Å²) in [6.07, 6.45) is 4.63. The van der Waals surface area contributed by atoms with E-state index in [2.05, 4.69) is 12.2 Å². The third kappa shape index (κ3) is 9.64. The maximum absolute atomic E-state index is 12.3. The summed E-state index contributed by atoms with van der Waals surface area (Å²) in [5, 5.41) is 2.82. The molecular formula is C29H37NO6. The highest BCUT2D eigenvalue weighted by molar-refractivity contribution is 5.96. The molecule has 0 aromatic heterocycles. The zero-order valence-corrected chi connectivity index (χ0v) is 21.7. The third-order valence-corrected chi connectivity index (χ3v) is 5.94. The van der Waals surface area contributed by atoms with Crippen molar-refractivity contribution in [3.05, 3.63) is 59.7 Å². The molecular weight excluding hydrogens is 458 g/mol. The second kappa shape index (κ2) is 14.2. The number of ketones is 1. The number of nitrogens with one attached hydrogen (secondary N) is 1. The van der Waals surface area contributed by atoms with Crippen molar-refractivity contribution in [2.45, 2.75) is 71.8 Å². The van der Waals surface area contributed by atoms with E-state index >= 15 is 0 Å². The van der Waals surface area contributed by atoms with E-state index in [-0.39, 0.29) is 24.9 Å². The Kier molecular flexibility index (Phi) is 11.3. The lowest BCUT2D eigenvalue weighted by atomic mass is 9.91. The number of amides is 1. The van der Waals surface area contributed by atoms with Crippen LogP contribution in [0.3, 0.4) is 0 Å². The number of benzene rings is 2. The van der Waals surface area contributed by atoms with Crippen LogP contribution < -0.4 is 5.32 Å². The number of rotatable bonds is 14. The van der Waals surface area contributed by atoms with Gasteiger partial charge in [0.15, 0.2) is 5.78 Å². The maximum atomic E-state index is 12.3. The zero-order chi connectivity index (χ0) is 26.6. The Morgan fingerprint density at radius 1 is 0.778 bits per heavy atom. The SMILES string of the molecule is CCCCCC(=O)c1ccc(-c2ccc(CCC(COC(C)=O)(COC(C)=O)NC(C)=O)cc2)cc1. The van der Waals surface area contributed by atoms with Crippen LogP contribution in [-0.4, -0.2) is 42.4 Å². The van der Waals surface area contributed by atoms with Gasteiger partial charge in [0.1, 0.15) is 18.8 Å². The van der Waals surface area contributed by atoms with Gasteiger partial charge in [-0.3, -0.25) is 19.2 Å². The van der Waals surface area contributed by atoms with Crippen LogP contribution >= 0.6 is 0 Å². The van der Waals surface area contributed by atoms with Gasteiger partial charge in [0.05, 0.1) is 0 Å². The molecule has 36 heavy (non-hydrogen) atoms. The van der Waals surface area contributed by atoms with Crippen LogP contribution in [0.4, 0.5) is 0 Å². The molecule has 0 bridgehead atoms. The minimum Gasteiger partial charge on any atom is -0.463 e. The van der Waals surface area contributed by atoms with Crippen molar-refractivity contribution >= 4 is 23.6 Å².